The van der Waals surface area contributed by atoms with Gasteiger partial charge in [0.15, 0.2) is 0 Å². The largest absolute Gasteiger partial charge is 0.489 e. The molecule has 130 valence electrons. The zero-order chi connectivity index (χ0) is 17.2. The van der Waals surface area contributed by atoms with Gasteiger partial charge in [0, 0.05) is 13.0 Å². The molecule has 1 aliphatic carbocycles. The molecule has 3 aliphatic heterocycles. The molecule has 25 heavy (non-hydrogen) atoms. The Hall–Kier alpha value is -1.85. The number of para-hydroxylation sites is 1. The highest BCUT2D eigenvalue weighted by molar-refractivity contribution is 7.89. The predicted molar refractivity (Wildman–Crippen MR) is 95.3 cm³/mol. The predicted octanol–water partition coefficient (Wildman–Crippen LogP) is 3.63. The van der Waals surface area contributed by atoms with Gasteiger partial charge in [-0.15, -0.1) is 0 Å². The maximum Gasteiger partial charge on any atom is 0.247 e. The molecule has 2 aromatic rings. The first kappa shape index (κ1) is 15.4. The van der Waals surface area contributed by atoms with E-state index in [4.69, 9.17) is 4.74 Å². The number of rotatable bonds is 2. The molecule has 6 rings (SSSR count). The summed E-state index contributed by atoms with van der Waals surface area (Å²) in [5.41, 5.74) is 3.50. The van der Waals surface area contributed by atoms with E-state index in [-0.39, 0.29) is 12.1 Å². The zero-order valence-corrected chi connectivity index (χ0v) is 15.0. The van der Waals surface area contributed by atoms with Gasteiger partial charge in [-0.1, -0.05) is 36.4 Å². The fourth-order valence-electron chi connectivity index (χ4n) is 4.69. The van der Waals surface area contributed by atoms with Gasteiger partial charge in [0.2, 0.25) is 10.0 Å². The Labute approximate surface area is 148 Å². The van der Waals surface area contributed by atoms with Gasteiger partial charge in [0.25, 0.3) is 0 Å². The number of sulfonamides is 1. The van der Waals surface area contributed by atoms with Crippen LogP contribution < -0.4 is 4.74 Å². The lowest BCUT2D eigenvalue weighted by atomic mass is 9.76. The van der Waals surface area contributed by atoms with Crippen LogP contribution in [0.15, 0.2) is 47.4 Å². The van der Waals surface area contributed by atoms with Crippen LogP contribution >= 0.6 is 0 Å². The number of fused-ring (bicyclic) bond motifs is 3. The number of hydrogen-bond donors (Lipinski definition) is 0. The molecule has 3 atom stereocenters. The van der Waals surface area contributed by atoms with Gasteiger partial charge < -0.3 is 4.74 Å². The van der Waals surface area contributed by atoms with E-state index in [0.717, 1.165) is 24.8 Å². The minimum absolute atomic E-state index is 0.0323. The summed E-state index contributed by atoms with van der Waals surface area (Å²) in [6.07, 6.45) is 2.76. The van der Waals surface area contributed by atoms with Crippen LogP contribution in [0.1, 0.15) is 48.4 Å². The van der Waals surface area contributed by atoms with E-state index < -0.39 is 10.0 Å². The van der Waals surface area contributed by atoms with Gasteiger partial charge in [-0.05, 0) is 48.4 Å². The first-order valence-electron chi connectivity index (χ1n) is 8.95. The minimum atomic E-state index is -3.58. The van der Waals surface area contributed by atoms with Gasteiger partial charge in [-0.3, -0.25) is 0 Å². The summed E-state index contributed by atoms with van der Waals surface area (Å²) in [6, 6.07) is 13.7. The van der Waals surface area contributed by atoms with E-state index in [0.29, 0.717) is 23.1 Å². The topological polar surface area (TPSA) is 46.6 Å². The third-order valence-electron chi connectivity index (χ3n) is 5.80. The van der Waals surface area contributed by atoms with Gasteiger partial charge in [-0.2, -0.15) is 4.31 Å². The standard InChI is InChI=1S/C20H21NO3S/c1-13-11-14-5-4-8-19(20(14)24-13)25(22,23)21-12-15-9-10-18(21)17-7-3-2-6-16(15)17/h2-8,13,15,18H,9-12H2,1H3/t13?,15-,18-/m0/s1. The highest BCUT2D eigenvalue weighted by atomic mass is 32.2. The molecule has 0 radical (unpaired) electrons. The summed E-state index contributed by atoms with van der Waals surface area (Å²) >= 11 is 0. The molecule has 4 aliphatic rings. The summed E-state index contributed by atoms with van der Waals surface area (Å²) in [5, 5.41) is 0. The molecule has 0 saturated carbocycles. The van der Waals surface area contributed by atoms with E-state index in [1.807, 2.05) is 25.1 Å². The van der Waals surface area contributed by atoms with Crippen molar-refractivity contribution in [2.24, 2.45) is 0 Å². The third-order valence-corrected chi connectivity index (χ3v) is 7.70. The van der Waals surface area contributed by atoms with Gasteiger partial charge in [-0.25, -0.2) is 8.42 Å². The Morgan fingerprint density at radius 2 is 1.84 bits per heavy atom. The van der Waals surface area contributed by atoms with Crippen LogP contribution in [0, 0.1) is 0 Å². The smallest absolute Gasteiger partial charge is 0.247 e. The molecule has 2 bridgehead atoms. The van der Waals surface area contributed by atoms with Crippen molar-refractivity contribution in [3.05, 3.63) is 59.2 Å². The minimum Gasteiger partial charge on any atom is -0.489 e. The Bertz CT molecular complexity index is 953. The summed E-state index contributed by atoms with van der Waals surface area (Å²) in [4.78, 5) is 0.333. The van der Waals surface area contributed by atoms with Crippen LogP contribution in [0.2, 0.25) is 0 Å². The lowest BCUT2D eigenvalue weighted by Gasteiger charge is -2.45. The lowest BCUT2D eigenvalue weighted by molar-refractivity contribution is 0.205. The molecule has 3 heterocycles. The molecule has 2 aromatic carbocycles. The Balaban J connectivity index is 1.60. The second-order valence-electron chi connectivity index (χ2n) is 7.37. The maximum absolute atomic E-state index is 13.5. The van der Waals surface area contributed by atoms with E-state index >= 15 is 0 Å². The van der Waals surface area contributed by atoms with E-state index in [2.05, 4.69) is 18.2 Å². The monoisotopic (exact) mass is 355 g/mol. The fourth-order valence-corrected chi connectivity index (χ4v) is 6.54. The molecule has 0 spiro atoms. The second kappa shape index (κ2) is 5.32. The van der Waals surface area contributed by atoms with Crippen LogP contribution in [-0.2, 0) is 16.4 Å². The molecule has 0 N–H and O–H groups in total. The van der Waals surface area contributed by atoms with Gasteiger partial charge in [0.1, 0.15) is 16.7 Å². The first-order valence-corrected chi connectivity index (χ1v) is 10.4. The van der Waals surface area contributed by atoms with Crippen LogP contribution in [0.3, 0.4) is 0 Å². The van der Waals surface area contributed by atoms with Crippen molar-refractivity contribution in [3.8, 4) is 5.75 Å². The molecule has 1 unspecified atom stereocenters. The van der Waals surface area contributed by atoms with Crippen molar-refractivity contribution in [1.29, 1.82) is 0 Å². The number of hydrogen-bond acceptors (Lipinski definition) is 3. The van der Waals surface area contributed by atoms with Crippen molar-refractivity contribution >= 4 is 10.0 Å². The highest BCUT2D eigenvalue weighted by Gasteiger charge is 2.45. The maximum atomic E-state index is 13.5. The average Bonchev–Trinajstić information content (AvgIpc) is 3.02. The van der Waals surface area contributed by atoms with Gasteiger partial charge in [0.05, 0.1) is 6.04 Å². The quantitative estimate of drug-likeness (QED) is 0.826. The number of nitrogens with zero attached hydrogens (tertiary/aromatic N) is 1. The lowest BCUT2D eigenvalue weighted by Crippen LogP contribution is -2.45. The number of piperidine rings is 1. The first-order chi connectivity index (χ1) is 12.1. The van der Waals surface area contributed by atoms with Crippen molar-refractivity contribution in [2.75, 3.05) is 6.54 Å². The molecular weight excluding hydrogens is 334 g/mol. The Morgan fingerprint density at radius 1 is 1.04 bits per heavy atom. The summed E-state index contributed by atoms with van der Waals surface area (Å²) in [5.74, 6) is 0.859. The summed E-state index contributed by atoms with van der Waals surface area (Å²) in [6.45, 7) is 2.55. The van der Waals surface area contributed by atoms with E-state index in [9.17, 15) is 8.42 Å². The van der Waals surface area contributed by atoms with Crippen LogP contribution in [-0.4, -0.2) is 25.4 Å². The van der Waals surface area contributed by atoms with E-state index in [1.165, 1.54) is 11.1 Å². The summed E-state index contributed by atoms with van der Waals surface area (Å²) in [7, 11) is -3.58. The molecule has 1 fully saturated rings. The van der Waals surface area contributed by atoms with Crippen LogP contribution in [0.4, 0.5) is 0 Å². The number of ether oxygens (including phenoxy) is 1. The highest BCUT2D eigenvalue weighted by Crippen LogP contribution is 2.49. The zero-order valence-electron chi connectivity index (χ0n) is 14.2. The molecule has 4 nitrogen and oxygen atoms in total. The van der Waals surface area contributed by atoms with Crippen LogP contribution in [0.5, 0.6) is 5.75 Å². The van der Waals surface area contributed by atoms with Crippen molar-refractivity contribution in [3.63, 3.8) is 0 Å². The van der Waals surface area contributed by atoms with Gasteiger partial charge >= 0.3 is 0 Å². The second-order valence-corrected chi connectivity index (χ2v) is 9.23. The third kappa shape index (κ3) is 2.19. The van der Waals surface area contributed by atoms with Crippen molar-refractivity contribution in [1.82, 2.24) is 4.31 Å². The average molecular weight is 355 g/mol. The Morgan fingerprint density at radius 3 is 2.68 bits per heavy atom. The molecule has 0 aromatic heterocycles. The Kier molecular flexibility index (Phi) is 3.28. The molecule has 1 saturated heterocycles. The van der Waals surface area contributed by atoms with Crippen molar-refractivity contribution in [2.45, 2.75) is 49.1 Å². The normalized spacial score (nSPS) is 27.6. The van der Waals surface area contributed by atoms with Crippen LogP contribution in [0.25, 0.3) is 0 Å². The molecule has 0 amide bonds. The molecular formula is C20H21NO3S. The number of benzene rings is 2. The fraction of sp³-hybridized carbons (Fsp3) is 0.400. The summed E-state index contributed by atoms with van der Waals surface area (Å²) < 4.78 is 34.6. The SMILES string of the molecule is CC1Cc2cccc(S(=O)(=O)N3C[C@@H]4CC[C@H]3c3ccccc34)c2O1. The molecule has 5 heteroatoms. The van der Waals surface area contributed by atoms with Crippen molar-refractivity contribution < 1.29 is 13.2 Å². The van der Waals surface area contributed by atoms with E-state index in [1.54, 1.807) is 10.4 Å².